The second-order valence-corrected chi connectivity index (χ2v) is 6.36. The summed E-state index contributed by atoms with van der Waals surface area (Å²) in [6.07, 6.45) is 4.53. The van der Waals surface area contributed by atoms with E-state index in [9.17, 15) is 4.79 Å². The molecule has 22 heavy (non-hydrogen) atoms. The average Bonchev–Trinajstić information content (AvgIpc) is 3.02. The molecule has 1 unspecified atom stereocenters. The molecule has 2 aliphatic heterocycles. The maximum absolute atomic E-state index is 12.2. The van der Waals surface area contributed by atoms with Gasteiger partial charge in [-0.05, 0) is 56.3 Å². The molecule has 122 valence electrons. The van der Waals surface area contributed by atoms with Crippen LogP contribution in [0.25, 0.3) is 0 Å². The minimum atomic E-state index is -0.0236. The molecule has 0 spiro atoms. The van der Waals surface area contributed by atoms with Crippen LogP contribution in [-0.4, -0.2) is 31.6 Å². The summed E-state index contributed by atoms with van der Waals surface area (Å²) in [7, 11) is 0. The number of piperidine rings is 1. The third-order valence-electron chi connectivity index (χ3n) is 4.64. The van der Waals surface area contributed by atoms with Gasteiger partial charge in [0, 0.05) is 24.5 Å². The Balaban J connectivity index is 0.00000176. The second-order valence-electron chi connectivity index (χ2n) is 6.36. The number of rotatable bonds is 3. The highest BCUT2D eigenvalue weighted by atomic mass is 35.5. The molecule has 2 fully saturated rings. The lowest BCUT2D eigenvalue weighted by Crippen LogP contribution is -2.35. The first-order valence-electron chi connectivity index (χ1n) is 8.11. The Labute approximate surface area is 139 Å². The van der Waals surface area contributed by atoms with Gasteiger partial charge in [0.25, 0.3) is 0 Å². The van der Waals surface area contributed by atoms with Crippen LogP contribution in [0.1, 0.15) is 32.6 Å². The van der Waals surface area contributed by atoms with Crippen molar-refractivity contribution in [2.75, 3.05) is 29.9 Å². The van der Waals surface area contributed by atoms with Crippen LogP contribution in [0.5, 0.6) is 0 Å². The summed E-state index contributed by atoms with van der Waals surface area (Å²) in [6, 6.07) is 8.22. The number of nitrogens with one attached hydrogen (secondary N) is 2. The van der Waals surface area contributed by atoms with Gasteiger partial charge in [-0.1, -0.05) is 13.0 Å². The molecule has 2 saturated heterocycles. The normalized spacial score (nSPS) is 22.2. The molecular weight excluding hydrogens is 298 g/mol. The van der Waals surface area contributed by atoms with Gasteiger partial charge >= 0.3 is 0 Å². The maximum Gasteiger partial charge on any atom is 0.241 e. The zero-order chi connectivity index (χ0) is 14.7. The molecule has 2 N–H and O–H groups in total. The summed E-state index contributed by atoms with van der Waals surface area (Å²) in [5, 5.41) is 6.28. The number of amides is 1. The van der Waals surface area contributed by atoms with E-state index in [0.717, 1.165) is 44.1 Å². The number of hydrogen-bond donors (Lipinski definition) is 2. The molecule has 2 aliphatic rings. The summed E-state index contributed by atoms with van der Waals surface area (Å²) in [6.45, 7) is 5.50. The van der Waals surface area contributed by atoms with E-state index < -0.39 is 0 Å². The fourth-order valence-corrected chi connectivity index (χ4v) is 3.18. The topological polar surface area (TPSA) is 44.4 Å². The molecule has 0 aliphatic carbocycles. The highest BCUT2D eigenvalue weighted by Gasteiger charge is 2.22. The molecule has 1 atom stereocenters. The monoisotopic (exact) mass is 323 g/mol. The van der Waals surface area contributed by atoms with Crippen LogP contribution in [0.3, 0.4) is 0 Å². The number of carbonyl (C=O) groups is 1. The molecule has 5 heteroatoms. The van der Waals surface area contributed by atoms with Crippen LogP contribution in [0, 0.1) is 5.92 Å². The molecule has 2 heterocycles. The Morgan fingerprint density at radius 3 is 2.73 bits per heavy atom. The predicted molar refractivity (Wildman–Crippen MR) is 94.0 cm³/mol. The summed E-state index contributed by atoms with van der Waals surface area (Å²) >= 11 is 0. The summed E-state index contributed by atoms with van der Waals surface area (Å²) in [4.78, 5) is 14.6. The van der Waals surface area contributed by atoms with Crippen molar-refractivity contribution in [1.82, 2.24) is 5.32 Å². The summed E-state index contributed by atoms with van der Waals surface area (Å²) in [5.74, 6) is 0.925. The standard InChI is InChI=1S/C17H25N3O.ClH/c1-13-7-10-20(11-8-13)15-5-2-4-14(12-15)19-17(21)16-6-3-9-18-16;/h2,4-5,12-13,16,18H,3,6-11H2,1H3,(H,19,21);1H. The lowest BCUT2D eigenvalue weighted by atomic mass is 9.99. The smallest absolute Gasteiger partial charge is 0.241 e. The molecular formula is C17H26ClN3O. The molecule has 0 bridgehead atoms. The van der Waals surface area contributed by atoms with E-state index in [1.165, 1.54) is 18.5 Å². The van der Waals surface area contributed by atoms with E-state index in [-0.39, 0.29) is 24.4 Å². The van der Waals surface area contributed by atoms with Gasteiger partial charge in [0.2, 0.25) is 5.91 Å². The minimum Gasteiger partial charge on any atom is -0.371 e. The van der Waals surface area contributed by atoms with Crippen molar-refractivity contribution < 1.29 is 4.79 Å². The average molecular weight is 324 g/mol. The number of carbonyl (C=O) groups excluding carboxylic acids is 1. The lowest BCUT2D eigenvalue weighted by molar-refractivity contribution is -0.117. The fourth-order valence-electron chi connectivity index (χ4n) is 3.18. The third kappa shape index (κ3) is 4.14. The zero-order valence-electron chi connectivity index (χ0n) is 13.2. The quantitative estimate of drug-likeness (QED) is 0.898. The molecule has 1 amide bonds. The van der Waals surface area contributed by atoms with E-state index in [1.807, 2.05) is 12.1 Å². The largest absolute Gasteiger partial charge is 0.371 e. The van der Waals surface area contributed by atoms with Gasteiger partial charge < -0.3 is 15.5 Å². The van der Waals surface area contributed by atoms with E-state index in [4.69, 9.17) is 0 Å². The molecule has 0 saturated carbocycles. The summed E-state index contributed by atoms with van der Waals surface area (Å²) < 4.78 is 0. The van der Waals surface area contributed by atoms with E-state index in [0.29, 0.717) is 0 Å². The Bertz CT molecular complexity index is 494. The van der Waals surface area contributed by atoms with Crippen LogP contribution in [0.4, 0.5) is 11.4 Å². The molecule has 0 aromatic heterocycles. The number of halogens is 1. The zero-order valence-corrected chi connectivity index (χ0v) is 14.0. The van der Waals surface area contributed by atoms with Gasteiger partial charge in [0.1, 0.15) is 0 Å². The van der Waals surface area contributed by atoms with Crippen LogP contribution in [0.2, 0.25) is 0 Å². The maximum atomic E-state index is 12.2. The second kappa shape index (κ2) is 7.84. The number of hydrogen-bond acceptors (Lipinski definition) is 3. The Kier molecular flexibility index (Phi) is 6.09. The lowest BCUT2D eigenvalue weighted by Gasteiger charge is -2.32. The first-order valence-corrected chi connectivity index (χ1v) is 8.11. The first-order chi connectivity index (χ1) is 10.2. The first kappa shape index (κ1) is 17.1. The predicted octanol–water partition coefficient (Wildman–Crippen LogP) is 3.04. The molecule has 0 radical (unpaired) electrons. The van der Waals surface area contributed by atoms with Crippen molar-refractivity contribution in [3.63, 3.8) is 0 Å². The molecule has 1 aromatic carbocycles. The highest BCUT2D eigenvalue weighted by Crippen LogP contribution is 2.25. The number of anilines is 2. The van der Waals surface area contributed by atoms with Gasteiger partial charge in [0.05, 0.1) is 6.04 Å². The van der Waals surface area contributed by atoms with Gasteiger partial charge in [-0.15, -0.1) is 12.4 Å². The molecule has 4 nitrogen and oxygen atoms in total. The van der Waals surface area contributed by atoms with Crippen molar-refractivity contribution in [2.45, 2.75) is 38.6 Å². The van der Waals surface area contributed by atoms with Gasteiger partial charge in [0.15, 0.2) is 0 Å². The van der Waals surface area contributed by atoms with Gasteiger partial charge in [-0.2, -0.15) is 0 Å². The van der Waals surface area contributed by atoms with Crippen LogP contribution in [0.15, 0.2) is 24.3 Å². The Morgan fingerprint density at radius 2 is 2.05 bits per heavy atom. The van der Waals surface area contributed by atoms with Crippen molar-refractivity contribution >= 4 is 29.7 Å². The Hall–Kier alpha value is -1.26. The highest BCUT2D eigenvalue weighted by molar-refractivity contribution is 5.95. The number of benzene rings is 1. The van der Waals surface area contributed by atoms with Gasteiger partial charge in [-0.3, -0.25) is 4.79 Å². The molecule has 1 aromatic rings. The van der Waals surface area contributed by atoms with Crippen molar-refractivity contribution in [3.05, 3.63) is 24.3 Å². The van der Waals surface area contributed by atoms with Crippen molar-refractivity contribution in [3.8, 4) is 0 Å². The molecule has 3 rings (SSSR count). The van der Waals surface area contributed by atoms with E-state index in [1.54, 1.807) is 0 Å². The van der Waals surface area contributed by atoms with E-state index >= 15 is 0 Å². The van der Waals surface area contributed by atoms with Gasteiger partial charge in [-0.25, -0.2) is 0 Å². The SMILES string of the molecule is CC1CCN(c2cccc(NC(=O)C3CCCN3)c2)CC1.Cl. The Morgan fingerprint density at radius 1 is 1.27 bits per heavy atom. The minimum absolute atomic E-state index is 0. The third-order valence-corrected chi connectivity index (χ3v) is 4.64. The van der Waals surface area contributed by atoms with Crippen LogP contribution < -0.4 is 15.5 Å². The van der Waals surface area contributed by atoms with Crippen LogP contribution in [-0.2, 0) is 4.79 Å². The van der Waals surface area contributed by atoms with Crippen molar-refractivity contribution in [1.29, 1.82) is 0 Å². The van der Waals surface area contributed by atoms with Crippen molar-refractivity contribution in [2.24, 2.45) is 5.92 Å². The number of nitrogens with zero attached hydrogens (tertiary/aromatic N) is 1. The summed E-state index contributed by atoms with van der Waals surface area (Å²) in [5.41, 5.74) is 2.13. The fraction of sp³-hybridized carbons (Fsp3) is 0.588. The van der Waals surface area contributed by atoms with E-state index in [2.05, 4.69) is 34.6 Å². The van der Waals surface area contributed by atoms with Crippen LogP contribution >= 0.6 is 12.4 Å².